The standard InChI is InChI=1S/C36H22N4/c1-6-14-32-23(9-1)19-35-39(33-15-7-8-16-34(33)40(32)35)24-17-18-28-25-10-2-3-11-26(25)31-21-37-22-38-36(31)29-13-5-4-12-27(29)30(28)20-24/h1-22H. The van der Waals surface area contributed by atoms with Crippen LogP contribution in [-0.2, 0) is 0 Å². The van der Waals surface area contributed by atoms with E-state index < -0.39 is 0 Å². The van der Waals surface area contributed by atoms with Crippen LogP contribution in [0.25, 0.3) is 77.9 Å². The first-order chi connectivity index (χ1) is 19.9. The van der Waals surface area contributed by atoms with E-state index >= 15 is 0 Å². The Labute approximate surface area is 230 Å². The van der Waals surface area contributed by atoms with Crippen molar-refractivity contribution in [2.75, 3.05) is 0 Å². The molecule has 4 heteroatoms. The molecule has 40 heavy (non-hydrogen) atoms. The summed E-state index contributed by atoms with van der Waals surface area (Å²) in [7, 11) is 0. The number of hydrogen-bond acceptors (Lipinski definition) is 2. The largest absolute Gasteiger partial charge is 0.294 e. The Morgan fingerprint density at radius 3 is 1.93 bits per heavy atom. The van der Waals surface area contributed by atoms with Crippen molar-refractivity contribution in [1.29, 1.82) is 0 Å². The maximum absolute atomic E-state index is 4.79. The quantitative estimate of drug-likeness (QED) is 0.221. The van der Waals surface area contributed by atoms with E-state index in [9.17, 15) is 0 Å². The summed E-state index contributed by atoms with van der Waals surface area (Å²) in [6.45, 7) is 0. The van der Waals surface area contributed by atoms with Gasteiger partial charge in [-0.2, -0.15) is 0 Å². The minimum absolute atomic E-state index is 0.959. The molecular weight excluding hydrogens is 488 g/mol. The Morgan fingerprint density at radius 1 is 0.475 bits per heavy atom. The Kier molecular flexibility index (Phi) is 4.30. The topological polar surface area (TPSA) is 35.1 Å². The molecule has 1 aliphatic carbocycles. The predicted octanol–water partition coefficient (Wildman–Crippen LogP) is 8.81. The van der Waals surface area contributed by atoms with Crippen molar-refractivity contribution in [3.05, 3.63) is 134 Å². The zero-order valence-corrected chi connectivity index (χ0v) is 21.5. The van der Waals surface area contributed by atoms with Gasteiger partial charge in [0.2, 0.25) is 0 Å². The van der Waals surface area contributed by atoms with Gasteiger partial charge >= 0.3 is 0 Å². The zero-order chi connectivity index (χ0) is 26.2. The van der Waals surface area contributed by atoms with E-state index in [1.807, 2.05) is 6.20 Å². The smallest absolute Gasteiger partial charge is 0.123 e. The monoisotopic (exact) mass is 510 g/mol. The van der Waals surface area contributed by atoms with Crippen molar-refractivity contribution < 1.29 is 0 Å². The van der Waals surface area contributed by atoms with Gasteiger partial charge in [0, 0.05) is 28.4 Å². The van der Waals surface area contributed by atoms with Gasteiger partial charge in [-0.15, -0.1) is 0 Å². The van der Waals surface area contributed by atoms with Crippen molar-refractivity contribution in [3.8, 4) is 50.3 Å². The molecule has 0 saturated carbocycles. The summed E-state index contributed by atoms with van der Waals surface area (Å²) < 4.78 is 4.76. The van der Waals surface area contributed by atoms with E-state index in [1.54, 1.807) is 6.33 Å². The maximum atomic E-state index is 4.79. The second kappa shape index (κ2) is 8.01. The van der Waals surface area contributed by atoms with Crippen LogP contribution in [0.3, 0.4) is 0 Å². The third-order valence-electron chi connectivity index (χ3n) is 8.24. The zero-order valence-electron chi connectivity index (χ0n) is 21.5. The Hall–Kier alpha value is -5.48. The molecule has 0 fully saturated rings. The summed E-state index contributed by atoms with van der Waals surface area (Å²) in [4.78, 5) is 9.20. The number of rotatable bonds is 1. The number of imidazole rings is 1. The number of nitrogens with zero attached hydrogens (tertiary/aromatic N) is 4. The molecule has 0 N–H and O–H groups in total. The highest BCUT2D eigenvalue weighted by atomic mass is 15.1. The number of hydrogen-bond donors (Lipinski definition) is 0. The van der Waals surface area contributed by atoms with Gasteiger partial charge in [0.05, 0.1) is 22.2 Å². The summed E-state index contributed by atoms with van der Waals surface area (Å²) in [6, 6.07) is 43.6. The van der Waals surface area contributed by atoms with Gasteiger partial charge in [-0.1, -0.05) is 84.9 Å². The highest BCUT2D eigenvalue weighted by Crippen LogP contribution is 2.47. The number of benzene rings is 5. The first-order valence-corrected chi connectivity index (χ1v) is 13.5. The van der Waals surface area contributed by atoms with Crippen LogP contribution in [-0.4, -0.2) is 18.9 Å². The number of para-hydroxylation sites is 3. The molecule has 0 bridgehead atoms. The molecule has 186 valence electrons. The van der Waals surface area contributed by atoms with Crippen LogP contribution < -0.4 is 0 Å². The van der Waals surface area contributed by atoms with E-state index in [1.165, 1.54) is 44.2 Å². The summed E-state index contributed by atoms with van der Waals surface area (Å²) in [5, 5.41) is 1.24. The molecule has 3 aromatic heterocycles. The third kappa shape index (κ3) is 2.85. The van der Waals surface area contributed by atoms with Crippen molar-refractivity contribution >= 4 is 27.6 Å². The fourth-order valence-corrected chi connectivity index (χ4v) is 6.54. The predicted molar refractivity (Wildman–Crippen MR) is 163 cm³/mol. The third-order valence-corrected chi connectivity index (χ3v) is 8.24. The summed E-state index contributed by atoms with van der Waals surface area (Å²) >= 11 is 0. The van der Waals surface area contributed by atoms with Gasteiger partial charge in [-0.05, 0) is 64.2 Å². The minimum atomic E-state index is 0.959. The lowest BCUT2D eigenvalue weighted by molar-refractivity contribution is 1.15. The van der Waals surface area contributed by atoms with E-state index in [4.69, 9.17) is 4.98 Å². The molecule has 3 heterocycles. The van der Waals surface area contributed by atoms with Gasteiger partial charge in [0.15, 0.2) is 0 Å². The second-order valence-electron chi connectivity index (χ2n) is 10.3. The van der Waals surface area contributed by atoms with Gasteiger partial charge < -0.3 is 0 Å². The SMILES string of the molecule is c1ccc2c(c1)-c1ccc(-n3c4ccccc4n4c5ccccc5cc34)cc1-c1ccccc1-c1ncncc1-2. The van der Waals surface area contributed by atoms with E-state index in [-0.39, 0.29) is 0 Å². The molecule has 0 saturated heterocycles. The summed E-state index contributed by atoms with van der Waals surface area (Å²) in [5.41, 5.74) is 14.9. The molecule has 0 atom stereocenters. The van der Waals surface area contributed by atoms with Crippen LogP contribution in [0.4, 0.5) is 0 Å². The van der Waals surface area contributed by atoms with E-state index in [2.05, 4.69) is 135 Å². The molecule has 9 rings (SSSR count). The molecule has 0 amide bonds. The first kappa shape index (κ1) is 21.5. The fourth-order valence-electron chi connectivity index (χ4n) is 6.54. The van der Waals surface area contributed by atoms with Crippen molar-refractivity contribution in [2.24, 2.45) is 0 Å². The highest BCUT2D eigenvalue weighted by Gasteiger charge is 2.24. The Bertz CT molecular complexity index is 2280. The Morgan fingerprint density at radius 2 is 1.10 bits per heavy atom. The molecule has 0 aliphatic heterocycles. The molecule has 0 radical (unpaired) electrons. The first-order valence-electron chi connectivity index (χ1n) is 13.5. The number of aromatic nitrogens is 4. The normalized spacial score (nSPS) is 12.0. The number of fused-ring (bicyclic) bond motifs is 13. The molecular formula is C36H22N4. The molecule has 8 aromatic rings. The minimum Gasteiger partial charge on any atom is -0.294 e. The fraction of sp³-hybridized carbons (Fsp3) is 0. The lowest BCUT2D eigenvalue weighted by Crippen LogP contribution is -2.01. The van der Waals surface area contributed by atoms with Gasteiger partial charge in [0.25, 0.3) is 0 Å². The van der Waals surface area contributed by atoms with Gasteiger partial charge in [-0.25, -0.2) is 9.97 Å². The summed E-state index contributed by atoms with van der Waals surface area (Å²) in [6.07, 6.45) is 3.59. The highest BCUT2D eigenvalue weighted by molar-refractivity contribution is 6.03. The van der Waals surface area contributed by atoms with E-state index in [0.717, 1.165) is 33.7 Å². The van der Waals surface area contributed by atoms with E-state index in [0.29, 0.717) is 0 Å². The van der Waals surface area contributed by atoms with Crippen molar-refractivity contribution in [1.82, 2.24) is 18.9 Å². The van der Waals surface area contributed by atoms with Crippen molar-refractivity contribution in [2.45, 2.75) is 0 Å². The lowest BCUT2D eigenvalue weighted by Gasteiger charge is -2.22. The van der Waals surface area contributed by atoms with Crippen molar-refractivity contribution in [3.63, 3.8) is 0 Å². The van der Waals surface area contributed by atoms with Crippen LogP contribution in [0.1, 0.15) is 0 Å². The molecule has 5 aromatic carbocycles. The van der Waals surface area contributed by atoms with Gasteiger partial charge in [0.1, 0.15) is 12.0 Å². The van der Waals surface area contributed by atoms with Crippen LogP contribution in [0.5, 0.6) is 0 Å². The van der Waals surface area contributed by atoms with Crippen LogP contribution in [0, 0.1) is 0 Å². The summed E-state index contributed by atoms with van der Waals surface area (Å²) in [5.74, 6) is 0. The lowest BCUT2D eigenvalue weighted by atomic mass is 9.83. The van der Waals surface area contributed by atoms with Gasteiger partial charge in [-0.3, -0.25) is 8.97 Å². The van der Waals surface area contributed by atoms with Crippen LogP contribution in [0.15, 0.2) is 134 Å². The molecule has 1 aliphatic rings. The maximum Gasteiger partial charge on any atom is 0.123 e. The molecule has 4 nitrogen and oxygen atoms in total. The Balaban J connectivity index is 1.40. The molecule has 0 spiro atoms. The molecule has 0 unspecified atom stereocenters. The second-order valence-corrected chi connectivity index (χ2v) is 10.3. The van der Waals surface area contributed by atoms with Crippen LogP contribution in [0.2, 0.25) is 0 Å². The average molecular weight is 511 g/mol. The average Bonchev–Trinajstić information content (AvgIpc) is 3.55. The van der Waals surface area contributed by atoms with Crippen LogP contribution >= 0.6 is 0 Å².